The Morgan fingerprint density at radius 1 is 1.20 bits per heavy atom. The highest BCUT2D eigenvalue weighted by molar-refractivity contribution is 7.18. The van der Waals surface area contributed by atoms with Crippen LogP contribution in [0.1, 0.15) is 25.6 Å². The van der Waals surface area contributed by atoms with Crippen LogP contribution in [0, 0.1) is 12.7 Å². The van der Waals surface area contributed by atoms with Gasteiger partial charge in [-0.1, -0.05) is 11.6 Å². The van der Waals surface area contributed by atoms with E-state index in [1.807, 2.05) is 0 Å². The zero-order valence-corrected chi connectivity index (χ0v) is 14.2. The van der Waals surface area contributed by atoms with Crippen molar-refractivity contribution in [1.82, 2.24) is 5.32 Å². The van der Waals surface area contributed by atoms with Crippen molar-refractivity contribution in [3.05, 3.63) is 51.1 Å². The summed E-state index contributed by atoms with van der Waals surface area (Å²) >= 11 is 6.62. The average Bonchev–Trinajstić information content (AvgIpc) is 2.84. The zero-order valence-electron chi connectivity index (χ0n) is 12.6. The molecule has 0 fully saturated rings. The topological polar surface area (TPSA) is 58.2 Å². The number of amides is 2. The fourth-order valence-corrected chi connectivity index (χ4v) is 3.12. The minimum absolute atomic E-state index is 0.0252. The molecule has 10 heteroatoms. The van der Waals surface area contributed by atoms with Crippen LogP contribution in [0.3, 0.4) is 0 Å². The van der Waals surface area contributed by atoms with Crippen molar-refractivity contribution in [1.29, 1.82) is 0 Å². The second-order valence-corrected chi connectivity index (χ2v) is 6.46. The molecule has 4 nitrogen and oxygen atoms in total. The highest BCUT2D eigenvalue weighted by atomic mass is 35.5. The van der Waals surface area contributed by atoms with Gasteiger partial charge in [-0.15, -0.1) is 11.3 Å². The lowest BCUT2D eigenvalue weighted by molar-refractivity contribution is -0.123. The number of hydrogen-bond acceptors (Lipinski definition) is 3. The predicted molar refractivity (Wildman–Crippen MR) is 86.8 cm³/mol. The Hall–Kier alpha value is -2.13. The van der Waals surface area contributed by atoms with Crippen molar-refractivity contribution in [2.75, 3.05) is 11.9 Å². The van der Waals surface area contributed by atoms with Crippen molar-refractivity contribution in [3.63, 3.8) is 0 Å². The number of anilines is 1. The van der Waals surface area contributed by atoms with Crippen LogP contribution in [-0.2, 0) is 0 Å². The van der Waals surface area contributed by atoms with Crippen LogP contribution in [0.2, 0.25) is 5.02 Å². The first-order valence-electron chi connectivity index (χ1n) is 6.78. The number of benzene rings is 1. The molecule has 2 amide bonds. The summed E-state index contributed by atoms with van der Waals surface area (Å²) in [7, 11) is 0. The van der Waals surface area contributed by atoms with Gasteiger partial charge in [0.05, 0.1) is 20.5 Å². The van der Waals surface area contributed by atoms with Crippen LogP contribution in [0.25, 0.3) is 0 Å². The standard InChI is InChI=1S/C15H11ClF4N2O2S/c1-7-4-11(25-12(7)14(24)21-6-15(18,19)20)22-13(23)9-3-2-8(17)5-10(9)16/h2-5H,6H2,1H3,(H,21,24)(H,22,23). The Labute approximate surface area is 148 Å². The maximum Gasteiger partial charge on any atom is 0.405 e. The second kappa shape index (κ2) is 7.40. The molecular formula is C15H11ClF4N2O2S. The molecule has 134 valence electrons. The molecule has 25 heavy (non-hydrogen) atoms. The molecule has 0 spiro atoms. The third-order valence-electron chi connectivity index (χ3n) is 2.99. The van der Waals surface area contributed by atoms with Gasteiger partial charge in [0.2, 0.25) is 0 Å². The molecule has 1 aromatic heterocycles. The predicted octanol–water partition coefficient (Wildman–Crippen LogP) is 4.39. The highest BCUT2D eigenvalue weighted by Crippen LogP contribution is 2.28. The van der Waals surface area contributed by atoms with Gasteiger partial charge in [-0.25, -0.2) is 4.39 Å². The van der Waals surface area contributed by atoms with E-state index in [-0.39, 0.29) is 20.5 Å². The van der Waals surface area contributed by atoms with Crippen molar-refractivity contribution in [2.24, 2.45) is 0 Å². The third-order valence-corrected chi connectivity index (χ3v) is 4.45. The molecule has 0 aliphatic carbocycles. The van der Waals surface area contributed by atoms with Gasteiger partial charge in [0.1, 0.15) is 12.4 Å². The molecule has 2 N–H and O–H groups in total. The van der Waals surface area contributed by atoms with Gasteiger partial charge in [0, 0.05) is 0 Å². The molecule has 1 aromatic carbocycles. The number of alkyl halides is 3. The minimum Gasteiger partial charge on any atom is -0.342 e. The third kappa shape index (κ3) is 5.17. The van der Waals surface area contributed by atoms with E-state index >= 15 is 0 Å². The van der Waals surface area contributed by atoms with Crippen LogP contribution in [0.5, 0.6) is 0 Å². The molecule has 0 radical (unpaired) electrons. The normalized spacial score (nSPS) is 11.3. The Balaban J connectivity index is 2.11. The van der Waals surface area contributed by atoms with Crippen molar-refractivity contribution in [3.8, 4) is 0 Å². The van der Waals surface area contributed by atoms with E-state index in [9.17, 15) is 27.2 Å². The molecule has 0 bridgehead atoms. The zero-order chi connectivity index (χ0) is 18.8. The second-order valence-electron chi connectivity index (χ2n) is 5.00. The van der Waals surface area contributed by atoms with Crippen LogP contribution in [0.15, 0.2) is 24.3 Å². The maximum atomic E-state index is 13.0. The number of hydrogen-bond donors (Lipinski definition) is 2. The van der Waals surface area contributed by atoms with Crippen LogP contribution < -0.4 is 10.6 Å². The Morgan fingerprint density at radius 3 is 2.48 bits per heavy atom. The molecule has 0 saturated heterocycles. The molecular weight excluding hydrogens is 384 g/mol. The summed E-state index contributed by atoms with van der Waals surface area (Å²) < 4.78 is 49.5. The smallest absolute Gasteiger partial charge is 0.342 e. The molecule has 0 aliphatic rings. The quantitative estimate of drug-likeness (QED) is 0.755. The van der Waals surface area contributed by atoms with Crippen molar-refractivity contribution < 1.29 is 27.2 Å². The summed E-state index contributed by atoms with van der Waals surface area (Å²) in [4.78, 5) is 24.0. The Kier molecular flexibility index (Phi) is 5.69. The van der Waals surface area contributed by atoms with E-state index in [0.717, 1.165) is 23.5 Å². The monoisotopic (exact) mass is 394 g/mol. The lowest BCUT2D eigenvalue weighted by Crippen LogP contribution is -2.33. The Bertz CT molecular complexity index is 820. The van der Waals surface area contributed by atoms with E-state index in [1.165, 1.54) is 19.1 Å². The van der Waals surface area contributed by atoms with Gasteiger partial charge in [0.15, 0.2) is 0 Å². The van der Waals surface area contributed by atoms with E-state index < -0.39 is 30.4 Å². The fraction of sp³-hybridized carbons (Fsp3) is 0.200. The number of rotatable bonds is 4. The van der Waals surface area contributed by atoms with Crippen molar-refractivity contribution in [2.45, 2.75) is 13.1 Å². The average molecular weight is 395 g/mol. The first-order chi connectivity index (χ1) is 11.6. The highest BCUT2D eigenvalue weighted by Gasteiger charge is 2.28. The van der Waals surface area contributed by atoms with Crippen molar-refractivity contribution >= 4 is 39.8 Å². The molecule has 2 rings (SSSR count). The molecule has 0 unspecified atom stereocenters. The summed E-state index contributed by atoms with van der Waals surface area (Å²) in [6.07, 6.45) is -4.52. The fourth-order valence-electron chi connectivity index (χ4n) is 1.88. The first-order valence-corrected chi connectivity index (χ1v) is 7.98. The lowest BCUT2D eigenvalue weighted by atomic mass is 10.2. The van der Waals surface area contributed by atoms with Gasteiger partial charge in [-0.3, -0.25) is 9.59 Å². The molecule has 0 atom stereocenters. The molecule has 0 saturated carbocycles. The Morgan fingerprint density at radius 2 is 1.88 bits per heavy atom. The summed E-state index contributed by atoms with van der Waals surface area (Å²) in [5, 5.41) is 4.40. The number of nitrogens with one attached hydrogen (secondary N) is 2. The number of carbonyl (C=O) groups excluding carboxylic acids is 2. The number of thiophene rings is 1. The maximum absolute atomic E-state index is 13.0. The van der Waals surface area contributed by atoms with Gasteiger partial charge in [-0.05, 0) is 36.8 Å². The van der Waals surface area contributed by atoms with Gasteiger partial charge >= 0.3 is 6.18 Å². The van der Waals surface area contributed by atoms with Crippen LogP contribution in [-0.4, -0.2) is 24.5 Å². The minimum atomic E-state index is -4.52. The van der Waals surface area contributed by atoms with Gasteiger partial charge in [-0.2, -0.15) is 13.2 Å². The van der Waals surface area contributed by atoms with Gasteiger partial charge < -0.3 is 10.6 Å². The summed E-state index contributed by atoms with van der Waals surface area (Å²) in [6.45, 7) is 0.0790. The molecule has 0 aliphatic heterocycles. The summed E-state index contributed by atoms with van der Waals surface area (Å²) in [6, 6.07) is 4.69. The van der Waals surface area contributed by atoms with E-state index in [4.69, 9.17) is 11.6 Å². The van der Waals surface area contributed by atoms with Crippen LogP contribution >= 0.6 is 22.9 Å². The largest absolute Gasteiger partial charge is 0.405 e. The van der Waals surface area contributed by atoms with E-state index in [0.29, 0.717) is 5.56 Å². The van der Waals surface area contributed by atoms with E-state index in [2.05, 4.69) is 5.32 Å². The lowest BCUT2D eigenvalue weighted by Gasteiger charge is -2.07. The number of aryl methyl sites for hydroxylation is 1. The van der Waals surface area contributed by atoms with E-state index in [1.54, 1.807) is 5.32 Å². The first kappa shape index (κ1) is 19.2. The number of carbonyl (C=O) groups is 2. The SMILES string of the molecule is Cc1cc(NC(=O)c2ccc(F)cc2Cl)sc1C(=O)NCC(F)(F)F. The van der Waals surface area contributed by atoms with Gasteiger partial charge in [0.25, 0.3) is 11.8 Å². The van der Waals surface area contributed by atoms with Crippen LogP contribution in [0.4, 0.5) is 22.6 Å². The number of halogens is 5. The molecule has 1 heterocycles. The summed E-state index contributed by atoms with van der Waals surface area (Å²) in [5.74, 6) is -2.12. The summed E-state index contributed by atoms with van der Waals surface area (Å²) in [5.41, 5.74) is 0.433. The molecule has 2 aromatic rings.